The van der Waals surface area contributed by atoms with E-state index in [0.29, 0.717) is 19.3 Å². The van der Waals surface area contributed by atoms with Crippen molar-refractivity contribution in [2.75, 3.05) is 16.8 Å². The minimum Gasteiger partial charge on any atom is -0.326 e. The first-order valence-electron chi connectivity index (χ1n) is 6.72. The fourth-order valence-corrected chi connectivity index (χ4v) is 5.20. The lowest BCUT2D eigenvalue weighted by molar-refractivity contribution is -0.116. The quantitative estimate of drug-likeness (QED) is 0.852. The van der Waals surface area contributed by atoms with Gasteiger partial charge in [0, 0.05) is 12.1 Å². The highest BCUT2D eigenvalue weighted by atomic mass is 35.5. The van der Waals surface area contributed by atoms with Crippen molar-refractivity contribution < 1.29 is 13.2 Å². The van der Waals surface area contributed by atoms with E-state index in [4.69, 9.17) is 11.6 Å². The number of sulfone groups is 1. The van der Waals surface area contributed by atoms with E-state index < -0.39 is 9.84 Å². The molecule has 0 saturated carbocycles. The largest absolute Gasteiger partial charge is 0.326 e. The standard InChI is InChI=1S/C14H16ClNO3S/c15-14(11-5-6-20(18,19)8-11)10-1-3-12-9(7-10)2-4-13(17)16-12/h1,3,7,11,14H,2,4-6,8H2,(H,16,17). The SMILES string of the molecule is O=C1CCc2cc(C(Cl)C3CCS(=O)(=O)C3)ccc2N1. The number of hydrogen-bond acceptors (Lipinski definition) is 3. The van der Waals surface area contributed by atoms with Gasteiger partial charge in [-0.05, 0) is 36.0 Å². The van der Waals surface area contributed by atoms with Gasteiger partial charge in [0.25, 0.3) is 0 Å². The summed E-state index contributed by atoms with van der Waals surface area (Å²) in [4.78, 5) is 11.3. The Bertz CT molecular complexity index is 656. The van der Waals surface area contributed by atoms with Crippen LogP contribution in [-0.4, -0.2) is 25.8 Å². The molecular weight excluding hydrogens is 298 g/mol. The van der Waals surface area contributed by atoms with Gasteiger partial charge in [-0.2, -0.15) is 0 Å². The number of alkyl halides is 1. The first kappa shape index (κ1) is 13.9. The molecule has 108 valence electrons. The number of hydrogen-bond donors (Lipinski definition) is 1. The average Bonchev–Trinajstić information content (AvgIpc) is 2.77. The Labute approximate surface area is 123 Å². The average molecular weight is 314 g/mol. The molecule has 4 nitrogen and oxygen atoms in total. The van der Waals surface area contributed by atoms with Gasteiger partial charge in [0.05, 0.1) is 16.9 Å². The molecule has 6 heteroatoms. The molecule has 2 aliphatic heterocycles. The van der Waals surface area contributed by atoms with E-state index in [1.807, 2.05) is 18.2 Å². The maximum absolute atomic E-state index is 11.5. The number of aryl methyl sites for hydroxylation is 1. The summed E-state index contributed by atoms with van der Waals surface area (Å²) in [6.45, 7) is 0. The summed E-state index contributed by atoms with van der Waals surface area (Å²) in [7, 11) is -2.91. The predicted molar refractivity (Wildman–Crippen MR) is 78.7 cm³/mol. The highest BCUT2D eigenvalue weighted by Crippen LogP contribution is 2.38. The van der Waals surface area contributed by atoms with Crippen LogP contribution in [-0.2, 0) is 21.1 Å². The lowest BCUT2D eigenvalue weighted by Gasteiger charge is -2.21. The maximum atomic E-state index is 11.5. The van der Waals surface area contributed by atoms with Gasteiger partial charge in [-0.1, -0.05) is 12.1 Å². The molecule has 3 rings (SSSR count). The normalized spacial score (nSPS) is 25.9. The number of carbonyl (C=O) groups is 1. The summed E-state index contributed by atoms with van der Waals surface area (Å²) >= 11 is 6.46. The molecule has 1 saturated heterocycles. The fourth-order valence-electron chi connectivity index (χ4n) is 2.90. The Morgan fingerprint density at radius 2 is 2.10 bits per heavy atom. The second-order valence-corrected chi connectivity index (χ2v) is 8.23. The van der Waals surface area contributed by atoms with Gasteiger partial charge in [0.1, 0.15) is 0 Å². The molecule has 2 unspecified atom stereocenters. The van der Waals surface area contributed by atoms with Crippen LogP contribution in [0.5, 0.6) is 0 Å². The Balaban J connectivity index is 1.82. The van der Waals surface area contributed by atoms with E-state index in [2.05, 4.69) is 5.32 Å². The van der Waals surface area contributed by atoms with Crippen LogP contribution < -0.4 is 5.32 Å². The van der Waals surface area contributed by atoms with Crippen LogP contribution in [0.3, 0.4) is 0 Å². The van der Waals surface area contributed by atoms with E-state index in [1.165, 1.54) is 0 Å². The minimum atomic E-state index is -2.91. The van der Waals surface area contributed by atoms with Crippen molar-refractivity contribution in [2.45, 2.75) is 24.6 Å². The summed E-state index contributed by atoms with van der Waals surface area (Å²) < 4.78 is 23.1. The maximum Gasteiger partial charge on any atom is 0.224 e. The van der Waals surface area contributed by atoms with Crippen molar-refractivity contribution in [1.29, 1.82) is 0 Å². The number of benzene rings is 1. The topological polar surface area (TPSA) is 63.2 Å². The molecule has 0 spiro atoms. The monoisotopic (exact) mass is 313 g/mol. The summed E-state index contributed by atoms with van der Waals surface area (Å²) in [5, 5.41) is 2.55. The van der Waals surface area contributed by atoms with Crippen molar-refractivity contribution in [3.05, 3.63) is 29.3 Å². The molecule has 1 aromatic carbocycles. The van der Waals surface area contributed by atoms with E-state index in [1.54, 1.807) is 0 Å². The molecule has 0 radical (unpaired) electrons. The van der Waals surface area contributed by atoms with Crippen LogP contribution in [0.25, 0.3) is 0 Å². The summed E-state index contributed by atoms with van der Waals surface area (Å²) in [5.74, 6) is 0.434. The molecule has 1 fully saturated rings. The zero-order valence-electron chi connectivity index (χ0n) is 10.9. The third-order valence-electron chi connectivity index (χ3n) is 4.02. The van der Waals surface area contributed by atoms with Gasteiger partial charge in [-0.25, -0.2) is 8.42 Å². The van der Waals surface area contributed by atoms with E-state index in [0.717, 1.165) is 16.8 Å². The van der Waals surface area contributed by atoms with Crippen molar-refractivity contribution in [2.24, 2.45) is 5.92 Å². The highest BCUT2D eigenvalue weighted by Gasteiger charge is 2.33. The Kier molecular flexibility index (Phi) is 3.50. The van der Waals surface area contributed by atoms with Gasteiger partial charge in [0.2, 0.25) is 5.91 Å². The smallest absolute Gasteiger partial charge is 0.224 e. The number of anilines is 1. The molecule has 2 atom stereocenters. The molecule has 1 aromatic rings. The lowest BCUT2D eigenvalue weighted by Crippen LogP contribution is -2.19. The third kappa shape index (κ3) is 2.69. The van der Waals surface area contributed by atoms with Crippen molar-refractivity contribution in [3.63, 3.8) is 0 Å². The molecular formula is C14H16ClNO3S. The molecule has 2 aliphatic rings. The first-order chi connectivity index (χ1) is 9.44. The highest BCUT2D eigenvalue weighted by molar-refractivity contribution is 7.91. The predicted octanol–water partition coefficient (Wildman–Crippen LogP) is 2.29. The lowest BCUT2D eigenvalue weighted by atomic mass is 9.94. The van der Waals surface area contributed by atoms with Crippen LogP contribution >= 0.6 is 11.6 Å². The van der Waals surface area contributed by atoms with Crippen LogP contribution in [0.1, 0.15) is 29.3 Å². The minimum absolute atomic E-state index is 0.0158. The molecule has 1 amide bonds. The third-order valence-corrected chi connectivity index (χ3v) is 6.43. The van der Waals surface area contributed by atoms with Crippen molar-refractivity contribution in [1.82, 2.24) is 0 Å². The van der Waals surface area contributed by atoms with Gasteiger partial charge in [0.15, 0.2) is 9.84 Å². The van der Waals surface area contributed by atoms with E-state index in [9.17, 15) is 13.2 Å². The molecule has 2 heterocycles. The molecule has 0 bridgehead atoms. The molecule has 0 aromatic heterocycles. The van der Waals surface area contributed by atoms with Crippen LogP contribution in [0, 0.1) is 5.92 Å². The van der Waals surface area contributed by atoms with Gasteiger partial charge in [-0.15, -0.1) is 11.6 Å². The van der Waals surface area contributed by atoms with Gasteiger partial charge >= 0.3 is 0 Å². The summed E-state index contributed by atoms with van der Waals surface area (Å²) in [6, 6.07) is 5.74. The van der Waals surface area contributed by atoms with Gasteiger partial charge in [-0.3, -0.25) is 4.79 Å². The second kappa shape index (κ2) is 5.04. The van der Waals surface area contributed by atoms with Crippen LogP contribution in [0.4, 0.5) is 5.69 Å². The Morgan fingerprint density at radius 3 is 2.80 bits per heavy atom. The number of nitrogens with one attached hydrogen (secondary N) is 1. The van der Waals surface area contributed by atoms with Crippen molar-refractivity contribution in [3.8, 4) is 0 Å². The number of fused-ring (bicyclic) bond motifs is 1. The van der Waals surface area contributed by atoms with Crippen LogP contribution in [0.2, 0.25) is 0 Å². The van der Waals surface area contributed by atoms with Crippen LogP contribution in [0.15, 0.2) is 18.2 Å². The number of carbonyl (C=O) groups excluding carboxylic acids is 1. The zero-order chi connectivity index (χ0) is 14.3. The summed E-state index contributed by atoms with van der Waals surface area (Å²) in [5.41, 5.74) is 2.87. The summed E-state index contributed by atoms with van der Waals surface area (Å²) in [6.07, 6.45) is 1.83. The molecule has 1 N–H and O–H groups in total. The first-order valence-corrected chi connectivity index (χ1v) is 8.97. The molecule has 20 heavy (non-hydrogen) atoms. The van der Waals surface area contributed by atoms with E-state index in [-0.39, 0.29) is 28.7 Å². The number of rotatable bonds is 2. The Hall–Kier alpha value is -1.07. The number of halogens is 1. The van der Waals surface area contributed by atoms with E-state index >= 15 is 0 Å². The Morgan fingerprint density at radius 1 is 1.30 bits per heavy atom. The molecule has 0 aliphatic carbocycles. The fraction of sp³-hybridized carbons (Fsp3) is 0.500. The second-order valence-electron chi connectivity index (χ2n) is 5.53. The van der Waals surface area contributed by atoms with Gasteiger partial charge < -0.3 is 5.32 Å². The zero-order valence-corrected chi connectivity index (χ0v) is 12.5. The van der Waals surface area contributed by atoms with Crippen molar-refractivity contribution >= 4 is 33.0 Å². The number of amides is 1.